The molecule has 3 aliphatic heterocycles. The number of halogens is 2. The van der Waals surface area contributed by atoms with Crippen LogP contribution in [0.3, 0.4) is 0 Å². The fourth-order valence-corrected chi connectivity index (χ4v) is 8.79. The molecule has 1 saturated carbocycles. The number of hydrogen-bond acceptors (Lipinski definition) is 6. The van der Waals surface area contributed by atoms with Crippen LogP contribution in [0.25, 0.3) is 32.9 Å². The zero-order chi connectivity index (χ0) is 28.4. The average Bonchev–Trinajstić information content (AvgIpc) is 3.67. The van der Waals surface area contributed by atoms with E-state index in [0.717, 1.165) is 55.6 Å². The van der Waals surface area contributed by atoms with E-state index in [1.807, 2.05) is 36.4 Å². The maximum atomic E-state index is 16.7. The van der Waals surface area contributed by atoms with Crippen LogP contribution in [0.2, 0.25) is 5.02 Å². The van der Waals surface area contributed by atoms with Gasteiger partial charge in [0.15, 0.2) is 5.82 Å². The molecule has 4 aliphatic rings. The van der Waals surface area contributed by atoms with Crippen molar-refractivity contribution in [1.82, 2.24) is 19.9 Å². The Morgan fingerprint density at radius 1 is 1.07 bits per heavy atom. The van der Waals surface area contributed by atoms with E-state index in [-0.39, 0.29) is 22.8 Å². The van der Waals surface area contributed by atoms with Gasteiger partial charge in [0.05, 0.1) is 10.9 Å². The lowest BCUT2D eigenvalue weighted by Gasteiger charge is -2.34. The molecule has 4 atom stereocenters. The topological polar surface area (TPSA) is 54.4 Å². The minimum absolute atomic E-state index is 0.0328. The molecule has 0 spiro atoms. The van der Waals surface area contributed by atoms with Gasteiger partial charge in [-0.1, -0.05) is 55.3 Å². The Morgan fingerprint density at radius 2 is 1.88 bits per heavy atom. The van der Waals surface area contributed by atoms with Crippen molar-refractivity contribution in [3.63, 3.8) is 0 Å². The first-order valence-electron chi connectivity index (χ1n) is 15.7. The van der Waals surface area contributed by atoms with E-state index in [1.54, 1.807) is 6.20 Å². The second-order valence-electron chi connectivity index (χ2n) is 13.1. The zero-order valence-electron chi connectivity index (χ0n) is 24.2. The maximum Gasteiger partial charge on any atom is 0.319 e. The third-order valence-electron chi connectivity index (χ3n) is 10.6. The number of aromatic nitrogens is 3. The number of fused-ring (bicyclic) bond motifs is 5. The number of hydrogen-bond donors (Lipinski definition) is 0. The van der Waals surface area contributed by atoms with Crippen LogP contribution in [0.1, 0.15) is 51.9 Å². The molecule has 0 radical (unpaired) electrons. The van der Waals surface area contributed by atoms with Crippen molar-refractivity contribution in [3.8, 4) is 17.3 Å². The number of rotatable bonds is 6. The van der Waals surface area contributed by atoms with Gasteiger partial charge < -0.3 is 9.64 Å². The molecule has 2 aromatic heterocycles. The summed E-state index contributed by atoms with van der Waals surface area (Å²) in [6, 6.07) is 11.8. The summed E-state index contributed by atoms with van der Waals surface area (Å²) < 4.78 is 23.2. The maximum absolute atomic E-state index is 16.7. The van der Waals surface area contributed by atoms with Crippen molar-refractivity contribution in [3.05, 3.63) is 53.4 Å². The largest absolute Gasteiger partial charge is 0.461 e. The summed E-state index contributed by atoms with van der Waals surface area (Å²) in [6.07, 6.45) is 10.2. The molecule has 0 N–H and O–H groups in total. The van der Waals surface area contributed by atoms with E-state index in [0.29, 0.717) is 40.3 Å². The normalized spacial score (nSPS) is 27.3. The molecular weight excluding hydrogens is 549 g/mol. The van der Waals surface area contributed by atoms with Gasteiger partial charge in [-0.2, -0.15) is 9.97 Å². The van der Waals surface area contributed by atoms with Crippen molar-refractivity contribution < 1.29 is 9.13 Å². The van der Waals surface area contributed by atoms with Crippen LogP contribution < -0.4 is 9.64 Å². The third-order valence-corrected chi connectivity index (χ3v) is 10.9. The first-order chi connectivity index (χ1) is 20.5. The minimum atomic E-state index is -0.457. The molecule has 3 unspecified atom stereocenters. The first-order valence-corrected chi connectivity index (χ1v) is 16.1. The smallest absolute Gasteiger partial charge is 0.319 e. The Balaban J connectivity index is 1.23. The minimum Gasteiger partial charge on any atom is -0.461 e. The Morgan fingerprint density at radius 3 is 2.69 bits per heavy atom. The van der Waals surface area contributed by atoms with Crippen LogP contribution in [0.5, 0.6) is 6.01 Å². The number of piperidine rings is 1. The summed E-state index contributed by atoms with van der Waals surface area (Å²) in [5.74, 6) is 2.30. The van der Waals surface area contributed by atoms with Gasteiger partial charge in [0.1, 0.15) is 23.6 Å². The number of benzene rings is 2. The van der Waals surface area contributed by atoms with Gasteiger partial charge >= 0.3 is 6.01 Å². The zero-order valence-corrected chi connectivity index (χ0v) is 24.9. The molecule has 6 nitrogen and oxygen atoms in total. The molecule has 8 heteroatoms. The van der Waals surface area contributed by atoms with Gasteiger partial charge in [0, 0.05) is 41.8 Å². The molecule has 8 rings (SSSR count). The van der Waals surface area contributed by atoms with Crippen LogP contribution in [-0.2, 0) is 0 Å². The molecule has 1 aliphatic carbocycles. The quantitative estimate of drug-likeness (QED) is 0.233. The Bertz CT molecular complexity index is 1660. The van der Waals surface area contributed by atoms with Crippen molar-refractivity contribution in [2.75, 3.05) is 37.7 Å². The van der Waals surface area contributed by atoms with Gasteiger partial charge in [-0.25, -0.2) is 4.39 Å². The number of pyridine rings is 1. The molecule has 42 heavy (non-hydrogen) atoms. The van der Waals surface area contributed by atoms with Crippen LogP contribution in [0.15, 0.2) is 42.6 Å². The van der Waals surface area contributed by atoms with Gasteiger partial charge in [0.2, 0.25) is 0 Å². The van der Waals surface area contributed by atoms with Gasteiger partial charge in [0.25, 0.3) is 0 Å². The van der Waals surface area contributed by atoms with Gasteiger partial charge in [-0.05, 0) is 74.3 Å². The Labute approximate surface area is 251 Å². The van der Waals surface area contributed by atoms with Gasteiger partial charge in [-0.3, -0.25) is 9.88 Å². The summed E-state index contributed by atoms with van der Waals surface area (Å²) in [6.45, 7) is 6.94. The number of ether oxygens (including phenoxy) is 1. The van der Waals surface area contributed by atoms with Crippen LogP contribution in [0, 0.1) is 23.6 Å². The van der Waals surface area contributed by atoms with Crippen LogP contribution >= 0.6 is 11.6 Å². The third kappa shape index (κ3) is 4.34. The second-order valence-corrected chi connectivity index (χ2v) is 13.6. The summed E-state index contributed by atoms with van der Waals surface area (Å²) >= 11 is 6.63. The van der Waals surface area contributed by atoms with E-state index in [2.05, 4.69) is 21.7 Å². The fourth-order valence-electron chi connectivity index (χ4n) is 8.51. The summed E-state index contributed by atoms with van der Waals surface area (Å²) in [4.78, 5) is 19.4. The molecule has 5 heterocycles. The monoisotopic (exact) mass is 585 g/mol. The standard InChI is InChI=1S/C34H37ClFN5O/c1-2-21-15-34(12-5-13-41(34)19-21)20-42-33-38-31-26(32(39-33)40-17-22-10-11-23(14-22)18-40)16-37-30(29(31)36)25-8-3-6-24-7-4-9-27(35)28(24)25/h3-4,6-9,16,21-23H,2,5,10-15,17-20H2,1H3/t21-,22?,23?,34?/m1/s1. The second kappa shape index (κ2) is 10.3. The van der Waals surface area contributed by atoms with Crippen molar-refractivity contribution in [2.45, 2.75) is 57.4 Å². The summed E-state index contributed by atoms with van der Waals surface area (Å²) in [7, 11) is 0. The fraction of sp³-hybridized carbons (Fsp3) is 0.500. The SMILES string of the molecule is CC[C@H]1CN2CCCC2(COc2nc(N3CC4CCC(C4)C3)c3cnc(-c4cccc5cccc(Cl)c45)c(F)c3n2)C1. The predicted molar refractivity (Wildman–Crippen MR) is 166 cm³/mol. The molecule has 2 bridgehead atoms. The summed E-state index contributed by atoms with van der Waals surface area (Å²) in [5, 5.41) is 2.95. The van der Waals surface area contributed by atoms with Crippen molar-refractivity contribution >= 4 is 39.1 Å². The number of nitrogens with zero attached hydrogens (tertiary/aromatic N) is 5. The summed E-state index contributed by atoms with van der Waals surface area (Å²) in [5.41, 5.74) is 1.21. The first kappa shape index (κ1) is 26.6. The van der Waals surface area contributed by atoms with E-state index in [1.165, 1.54) is 32.1 Å². The lowest BCUT2D eigenvalue weighted by Crippen LogP contribution is -2.43. The van der Waals surface area contributed by atoms with Crippen LogP contribution in [-0.4, -0.2) is 58.2 Å². The average molecular weight is 586 g/mol. The van der Waals surface area contributed by atoms with E-state index in [9.17, 15) is 0 Å². The number of anilines is 1. The molecular formula is C34H37ClFN5O. The highest BCUT2D eigenvalue weighted by Crippen LogP contribution is 2.44. The van der Waals surface area contributed by atoms with E-state index >= 15 is 4.39 Å². The molecule has 218 valence electrons. The van der Waals surface area contributed by atoms with Crippen molar-refractivity contribution in [2.24, 2.45) is 17.8 Å². The lowest BCUT2D eigenvalue weighted by molar-refractivity contribution is 0.107. The molecule has 0 amide bonds. The lowest BCUT2D eigenvalue weighted by atomic mass is 9.90. The molecule has 2 aromatic carbocycles. The highest BCUT2D eigenvalue weighted by Gasteiger charge is 2.48. The van der Waals surface area contributed by atoms with E-state index < -0.39 is 5.82 Å². The highest BCUT2D eigenvalue weighted by molar-refractivity contribution is 6.36. The Hall–Kier alpha value is -3.03. The Kier molecular flexibility index (Phi) is 6.52. The molecule has 4 aromatic rings. The molecule has 3 saturated heterocycles. The highest BCUT2D eigenvalue weighted by atomic mass is 35.5. The van der Waals surface area contributed by atoms with Crippen molar-refractivity contribution in [1.29, 1.82) is 0 Å². The molecule has 4 fully saturated rings. The van der Waals surface area contributed by atoms with Gasteiger partial charge in [-0.15, -0.1) is 0 Å². The van der Waals surface area contributed by atoms with Crippen LogP contribution in [0.4, 0.5) is 10.2 Å². The predicted octanol–water partition coefficient (Wildman–Crippen LogP) is 7.52. The van der Waals surface area contributed by atoms with E-state index in [4.69, 9.17) is 26.3 Å².